The zero-order valence-corrected chi connectivity index (χ0v) is 55.0. The molecule has 18 aromatic carbocycles. The molecule has 3 heteroatoms. The van der Waals surface area contributed by atoms with Gasteiger partial charge in [-0.3, -0.25) is 0 Å². The molecule has 464 valence electrons. The molecule has 2 aliphatic heterocycles. The molecule has 0 unspecified atom stereocenters. The van der Waals surface area contributed by atoms with Crippen LogP contribution < -0.4 is 16.4 Å². The minimum Gasteiger partial charge on any atom is -0.310 e. The molecule has 0 amide bonds. The van der Waals surface area contributed by atoms with E-state index in [1.807, 2.05) is 0 Å². The van der Waals surface area contributed by atoms with Crippen LogP contribution in [0.1, 0.15) is 0 Å². The van der Waals surface area contributed by atoms with E-state index in [0.717, 1.165) is 33.4 Å². The molecule has 0 radical (unpaired) electrons. The average molecular weight is 1280 g/mol. The number of benzene rings is 18. The monoisotopic (exact) mass is 1270 g/mol. The lowest BCUT2D eigenvalue weighted by Gasteiger charge is -2.35. The Balaban J connectivity index is 1.00. The second-order valence-corrected chi connectivity index (χ2v) is 27.6. The fourth-order valence-electron chi connectivity index (χ4n) is 18.5. The van der Waals surface area contributed by atoms with E-state index in [0.29, 0.717) is 0 Å². The van der Waals surface area contributed by atoms with E-state index in [2.05, 4.69) is 367 Å². The molecule has 0 fully saturated rings. The molecule has 101 heavy (non-hydrogen) atoms. The van der Waals surface area contributed by atoms with Gasteiger partial charge in [-0.1, -0.05) is 328 Å². The molecule has 2 nitrogen and oxygen atoms in total. The van der Waals surface area contributed by atoms with Gasteiger partial charge in [-0.15, -0.1) is 0 Å². The topological polar surface area (TPSA) is 9.86 Å². The zero-order valence-electron chi connectivity index (χ0n) is 55.0. The second kappa shape index (κ2) is 21.7. The maximum atomic E-state index is 2.73. The number of hydrogen-bond donors (Lipinski definition) is 0. The second-order valence-electron chi connectivity index (χ2n) is 27.6. The fourth-order valence-corrected chi connectivity index (χ4v) is 18.5. The highest BCUT2D eigenvalue weighted by Gasteiger charge is 2.43. The van der Waals surface area contributed by atoms with Crippen LogP contribution in [0.25, 0.3) is 198 Å². The highest BCUT2D eigenvalue weighted by Crippen LogP contribution is 2.58. The van der Waals surface area contributed by atoms with Gasteiger partial charge < -0.3 is 9.13 Å². The summed E-state index contributed by atoms with van der Waals surface area (Å²) in [6.07, 6.45) is 0. The summed E-state index contributed by atoms with van der Waals surface area (Å²) >= 11 is 0. The molecule has 2 aromatic heterocycles. The van der Waals surface area contributed by atoms with Gasteiger partial charge >= 0.3 is 0 Å². The predicted molar refractivity (Wildman–Crippen MR) is 431 cm³/mol. The highest BCUT2D eigenvalue weighted by molar-refractivity contribution is 7.00. The summed E-state index contributed by atoms with van der Waals surface area (Å²) in [5.41, 5.74) is 29.9. The molecular formula is C98H59BN2. The summed E-state index contributed by atoms with van der Waals surface area (Å²) in [5, 5.41) is 17.6. The van der Waals surface area contributed by atoms with Crippen LogP contribution in [0.2, 0.25) is 0 Å². The molecule has 22 rings (SSSR count). The van der Waals surface area contributed by atoms with E-state index < -0.39 is 0 Å². The zero-order chi connectivity index (χ0) is 66.0. The molecule has 0 N–H and O–H groups in total. The lowest BCUT2D eigenvalue weighted by Crippen LogP contribution is -2.59. The predicted octanol–water partition coefficient (Wildman–Crippen LogP) is 24.1. The van der Waals surface area contributed by atoms with E-state index in [1.165, 1.54) is 181 Å². The van der Waals surface area contributed by atoms with Gasteiger partial charge in [0.1, 0.15) is 0 Å². The Morgan fingerprint density at radius 3 is 1.07 bits per heavy atom. The van der Waals surface area contributed by atoms with E-state index in [1.54, 1.807) is 0 Å². The Morgan fingerprint density at radius 1 is 0.198 bits per heavy atom. The van der Waals surface area contributed by atoms with Gasteiger partial charge in [0.15, 0.2) is 0 Å². The van der Waals surface area contributed by atoms with Crippen molar-refractivity contribution >= 4 is 121 Å². The molecule has 0 bridgehead atoms. The van der Waals surface area contributed by atoms with E-state index in [-0.39, 0.29) is 6.71 Å². The lowest BCUT2D eigenvalue weighted by molar-refractivity contribution is 1.14. The van der Waals surface area contributed by atoms with Crippen molar-refractivity contribution in [3.05, 3.63) is 358 Å². The lowest BCUT2D eigenvalue weighted by atomic mass is 9.34. The summed E-state index contributed by atoms with van der Waals surface area (Å²) < 4.78 is 5.45. The third-order valence-corrected chi connectivity index (χ3v) is 22.4. The van der Waals surface area contributed by atoms with Gasteiger partial charge in [0.2, 0.25) is 0 Å². The van der Waals surface area contributed by atoms with Gasteiger partial charge in [0, 0.05) is 43.8 Å². The molecular weight excluding hydrogens is 1220 g/mol. The van der Waals surface area contributed by atoms with Gasteiger partial charge in [-0.25, -0.2) is 0 Å². The van der Waals surface area contributed by atoms with Crippen LogP contribution in [0.15, 0.2) is 358 Å². The normalized spacial score (nSPS) is 12.3. The number of hydrogen-bond acceptors (Lipinski definition) is 0. The first-order chi connectivity index (χ1) is 50.2. The quantitative estimate of drug-likeness (QED) is 0.106. The van der Waals surface area contributed by atoms with Crippen LogP contribution in [0, 0.1) is 0 Å². The van der Waals surface area contributed by atoms with Crippen molar-refractivity contribution in [2.45, 2.75) is 0 Å². The number of nitrogens with zero attached hydrogens (tertiary/aromatic N) is 2. The Hall–Kier alpha value is -13.1. The van der Waals surface area contributed by atoms with Crippen molar-refractivity contribution in [1.29, 1.82) is 0 Å². The van der Waals surface area contributed by atoms with E-state index in [4.69, 9.17) is 0 Å². The molecule has 0 saturated carbocycles. The van der Waals surface area contributed by atoms with Crippen molar-refractivity contribution in [3.8, 4) is 100 Å². The summed E-state index contributed by atoms with van der Waals surface area (Å²) in [4.78, 5) is 0. The van der Waals surface area contributed by atoms with Crippen molar-refractivity contribution in [1.82, 2.24) is 9.13 Å². The Bertz CT molecular complexity index is 6750. The van der Waals surface area contributed by atoms with Gasteiger partial charge in [-0.2, -0.15) is 0 Å². The van der Waals surface area contributed by atoms with Crippen molar-refractivity contribution in [2.24, 2.45) is 0 Å². The van der Waals surface area contributed by atoms with Crippen LogP contribution >= 0.6 is 0 Å². The first-order valence-corrected chi connectivity index (χ1v) is 35.3. The molecule has 0 aliphatic carbocycles. The van der Waals surface area contributed by atoms with Crippen molar-refractivity contribution < 1.29 is 0 Å². The van der Waals surface area contributed by atoms with Crippen LogP contribution in [-0.2, 0) is 0 Å². The third-order valence-electron chi connectivity index (χ3n) is 22.4. The number of rotatable bonds is 8. The van der Waals surface area contributed by atoms with Crippen LogP contribution in [-0.4, -0.2) is 15.8 Å². The number of fused-ring (bicyclic) bond motifs is 21. The van der Waals surface area contributed by atoms with Gasteiger partial charge in [-0.05, 0) is 184 Å². The molecule has 4 heterocycles. The molecule has 0 saturated heterocycles. The summed E-state index contributed by atoms with van der Waals surface area (Å²) in [6, 6.07) is 136. The smallest absolute Gasteiger partial charge is 0.252 e. The first-order valence-electron chi connectivity index (χ1n) is 35.3. The van der Waals surface area contributed by atoms with Gasteiger partial charge in [0.25, 0.3) is 6.71 Å². The standard InChI is InChI=1S/C98H59BN2/c1-7-29-60(30-8-1)70-43-23-24-44-71(70)68-55-79-94-83(54-52-78-76-49-26-25-47-74(76)75-48-27-28-50-77(75)92(78)94)100-84-58-69(59-85-96(84)99(80(57-68)97(79)100)81-56-67-42-20-22-46-73(67)95-93-72-45-21-19-31-61(72)51-53-82(93)101(85)98(81)95)91-89(65-38-15-5-16-39-65)87(63-34-11-3-12-35-63)86(62-32-9-2-10-33-62)88(64-36-13-4-14-37-64)90(91)66-40-17-6-18-41-66/h1-59H. The van der Waals surface area contributed by atoms with E-state index >= 15 is 0 Å². The fraction of sp³-hybridized carbons (Fsp3) is 0. The minimum absolute atomic E-state index is 0.210. The summed E-state index contributed by atoms with van der Waals surface area (Å²) in [5.74, 6) is 0. The maximum absolute atomic E-state index is 2.73. The van der Waals surface area contributed by atoms with Gasteiger partial charge in [0.05, 0.1) is 16.6 Å². The first kappa shape index (κ1) is 56.0. The molecule has 0 atom stereocenters. The van der Waals surface area contributed by atoms with E-state index in [9.17, 15) is 0 Å². The van der Waals surface area contributed by atoms with Crippen LogP contribution in [0.5, 0.6) is 0 Å². The van der Waals surface area contributed by atoms with Crippen molar-refractivity contribution in [3.63, 3.8) is 0 Å². The Labute approximate surface area is 584 Å². The highest BCUT2D eigenvalue weighted by atomic mass is 15.0. The molecule has 2 aliphatic rings. The maximum Gasteiger partial charge on any atom is 0.252 e. The van der Waals surface area contributed by atoms with Crippen LogP contribution in [0.4, 0.5) is 0 Å². The Kier molecular flexibility index (Phi) is 12.0. The average Bonchev–Trinajstić information content (AvgIpc) is 1.52. The van der Waals surface area contributed by atoms with Crippen LogP contribution in [0.3, 0.4) is 0 Å². The molecule has 0 spiro atoms. The molecule has 20 aromatic rings. The SMILES string of the molecule is c1ccc(-c2ccccc2-c2cc3c4c(c2)c2c5c6ccccc6c6ccccc6c5ccc2n4-c2cc(-c4c(-c5ccccc5)c(-c5ccccc5)c(-c5ccccc5)c(-c5ccccc5)c4-c4ccccc4)cc4c2B3c2cc3ccccc3c3c5c6ccccc6ccc5n-4c23)cc1. The Morgan fingerprint density at radius 2 is 0.554 bits per heavy atom. The van der Waals surface area contributed by atoms with Crippen molar-refractivity contribution in [2.75, 3.05) is 0 Å². The number of aromatic nitrogens is 2. The summed E-state index contributed by atoms with van der Waals surface area (Å²) in [6.45, 7) is -0.210. The minimum atomic E-state index is -0.210. The largest absolute Gasteiger partial charge is 0.310 e. The summed E-state index contributed by atoms with van der Waals surface area (Å²) in [7, 11) is 0. The third kappa shape index (κ3) is 8.00.